The Morgan fingerprint density at radius 3 is 3.08 bits per heavy atom. The molecule has 0 bridgehead atoms. The molecule has 0 aliphatic carbocycles. The van der Waals surface area contributed by atoms with Gasteiger partial charge in [0, 0.05) is 25.2 Å². The molecule has 2 rings (SSSR count). The van der Waals surface area contributed by atoms with Crippen molar-refractivity contribution in [2.75, 3.05) is 26.2 Å². The first kappa shape index (κ1) is 9.16. The van der Waals surface area contributed by atoms with Gasteiger partial charge in [-0.15, -0.1) is 0 Å². The standard InChI is InChI=1S/C10H18N2O/c1-9-7-12-4-2-3-10(12)8-11(9)5-6-13/h6,9-10H,2-5,7-8H2,1H3. The average Bonchev–Trinajstić information content (AvgIpc) is 2.52. The van der Waals surface area contributed by atoms with E-state index in [0.29, 0.717) is 12.6 Å². The SMILES string of the molecule is CC1CN2CCCC2CN1CC=O. The number of fused-ring (bicyclic) bond motifs is 1. The maximum Gasteiger partial charge on any atom is 0.133 e. The van der Waals surface area contributed by atoms with E-state index in [1.54, 1.807) is 0 Å². The van der Waals surface area contributed by atoms with Crippen LogP contribution in [0.2, 0.25) is 0 Å². The summed E-state index contributed by atoms with van der Waals surface area (Å²) < 4.78 is 0. The first-order valence-electron chi connectivity index (χ1n) is 5.23. The zero-order chi connectivity index (χ0) is 9.26. The Balaban J connectivity index is 1.96. The van der Waals surface area contributed by atoms with Crippen LogP contribution in [-0.2, 0) is 4.79 Å². The van der Waals surface area contributed by atoms with Crippen LogP contribution in [0.4, 0.5) is 0 Å². The molecule has 0 aromatic heterocycles. The van der Waals surface area contributed by atoms with Crippen molar-refractivity contribution in [1.29, 1.82) is 0 Å². The summed E-state index contributed by atoms with van der Waals surface area (Å²) in [4.78, 5) is 15.3. The second-order valence-electron chi connectivity index (χ2n) is 4.26. The van der Waals surface area contributed by atoms with Crippen LogP contribution in [0.1, 0.15) is 19.8 Å². The molecule has 0 N–H and O–H groups in total. The van der Waals surface area contributed by atoms with E-state index in [-0.39, 0.29) is 0 Å². The summed E-state index contributed by atoms with van der Waals surface area (Å²) in [5, 5.41) is 0. The van der Waals surface area contributed by atoms with Crippen molar-refractivity contribution in [1.82, 2.24) is 9.80 Å². The van der Waals surface area contributed by atoms with Gasteiger partial charge in [0.15, 0.2) is 0 Å². The highest BCUT2D eigenvalue weighted by Crippen LogP contribution is 2.23. The van der Waals surface area contributed by atoms with E-state index in [0.717, 1.165) is 25.4 Å². The number of hydrogen-bond donors (Lipinski definition) is 0. The molecule has 2 unspecified atom stereocenters. The van der Waals surface area contributed by atoms with E-state index in [1.807, 2.05) is 0 Å². The second-order valence-corrected chi connectivity index (χ2v) is 4.26. The molecule has 2 aliphatic heterocycles. The van der Waals surface area contributed by atoms with Crippen molar-refractivity contribution in [3.05, 3.63) is 0 Å². The molecule has 2 heterocycles. The van der Waals surface area contributed by atoms with E-state index < -0.39 is 0 Å². The van der Waals surface area contributed by atoms with E-state index in [1.165, 1.54) is 19.4 Å². The third-order valence-corrected chi connectivity index (χ3v) is 3.38. The Kier molecular flexibility index (Phi) is 2.65. The molecule has 0 aromatic carbocycles. The lowest BCUT2D eigenvalue weighted by Gasteiger charge is -2.41. The Morgan fingerprint density at radius 1 is 1.46 bits per heavy atom. The highest BCUT2D eigenvalue weighted by Gasteiger charge is 2.33. The van der Waals surface area contributed by atoms with Crippen LogP contribution in [0, 0.1) is 0 Å². The van der Waals surface area contributed by atoms with Crippen LogP contribution >= 0.6 is 0 Å². The number of nitrogens with zero attached hydrogens (tertiary/aromatic N) is 2. The molecule has 0 amide bonds. The molecule has 13 heavy (non-hydrogen) atoms. The predicted octanol–water partition coefficient (Wildman–Crippen LogP) is 0.354. The summed E-state index contributed by atoms with van der Waals surface area (Å²) in [6, 6.07) is 1.29. The molecule has 2 aliphatic rings. The fourth-order valence-corrected chi connectivity index (χ4v) is 2.60. The third-order valence-electron chi connectivity index (χ3n) is 3.38. The highest BCUT2D eigenvalue weighted by molar-refractivity contribution is 5.52. The molecule has 0 spiro atoms. The van der Waals surface area contributed by atoms with E-state index in [9.17, 15) is 4.79 Å². The van der Waals surface area contributed by atoms with E-state index in [2.05, 4.69) is 16.7 Å². The number of carbonyl (C=O) groups is 1. The van der Waals surface area contributed by atoms with E-state index in [4.69, 9.17) is 0 Å². The number of piperazine rings is 1. The van der Waals surface area contributed by atoms with Gasteiger partial charge in [0.05, 0.1) is 6.54 Å². The molecule has 0 radical (unpaired) electrons. The van der Waals surface area contributed by atoms with Crippen molar-refractivity contribution in [3.8, 4) is 0 Å². The maximum absolute atomic E-state index is 10.5. The van der Waals surface area contributed by atoms with Crippen molar-refractivity contribution < 1.29 is 4.79 Å². The minimum atomic E-state index is 0.555. The zero-order valence-electron chi connectivity index (χ0n) is 8.28. The predicted molar refractivity (Wildman–Crippen MR) is 51.7 cm³/mol. The molecule has 0 saturated carbocycles. The highest BCUT2D eigenvalue weighted by atomic mass is 16.1. The first-order valence-corrected chi connectivity index (χ1v) is 5.23. The summed E-state index contributed by atoms with van der Waals surface area (Å²) in [5.41, 5.74) is 0. The number of hydrogen-bond acceptors (Lipinski definition) is 3. The van der Waals surface area contributed by atoms with Crippen molar-refractivity contribution in [2.24, 2.45) is 0 Å². The Labute approximate surface area is 79.7 Å². The minimum Gasteiger partial charge on any atom is -0.302 e. The quantitative estimate of drug-likeness (QED) is 0.576. The van der Waals surface area contributed by atoms with Gasteiger partial charge >= 0.3 is 0 Å². The number of rotatable bonds is 2. The summed E-state index contributed by atoms with van der Waals surface area (Å²) in [6.45, 7) is 6.35. The molecule has 3 heteroatoms. The number of aldehydes is 1. The Morgan fingerprint density at radius 2 is 2.31 bits per heavy atom. The van der Waals surface area contributed by atoms with Gasteiger partial charge in [0.2, 0.25) is 0 Å². The lowest BCUT2D eigenvalue weighted by atomic mass is 10.1. The zero-order valence-corrected chi connectivity index (χ0v) is 8.28. The van der Waals surface area contributed by atoms with Crippen LogP contribution in [0.15, 0.2) is 0 Å². The van der Waals surface area contributed by atoms with E-state index >= 15 is 0 Å². The molecule has 2 fully saturated rings. The molecule has 2 atom stereocenters. The van der Waals surface area contributed by atoms with Gasteiger partial charge in [-0.2, -0.15) is 0 Å². The molecular formula is C10H18N2O. The Hall–Kier alpha value is -0.410. The smallest absolute Gasteiger partial charge is 0.133 e. The fourth-order valence-electron chi connectivity index (χ4n) is 2.60. The molecule has 2 saturated heterocycles. The van der Waals surface area contributed by atoms with Gasteiger partial charge in [-0.05, 0) is 26.3 Å². The van der Waals surface area contributed by atoms with Crippen molar-refractivity contribution >= 4 is 6.29 Å². The average molecular weight is 182 g/mol. The molecule has 3 nitrogen and oxygen atoms in total. The third kappa shape index (κ3) is 1.76. The van der Waals surface area contributed by atoms with Gasteiger partial charge in [-0.1, -0.05) is 0 Å². The fraction of sp³-hybridized carbons (Fsp3) is 0.900. The summed E-state index contributed by atoms with van der Waals surface area (Å²) in [5.74, 6) is 0. The van der Waals surface area contributed by atoms with Crippen LogP contribution < -0.4 is 0 Å². The normalized spacial score (nSPS) is 36.1. The van der Waals surface area contributed by atoms with Crippen molar-refractivity contribution in [3.63, 3.8) is 0 Å². The summed E-state index contributed by atoms with van der Waals surface area (Å²) in [6.07, 6.45) is 3.69. The van der Waals surface area contributed by atoms with Crippen LogP contribution in [0.25, 0.3) is 0 Å². The lowest BCUT2D eigenvalue weighted by Crippen LogP contribution is -2.55. The van der Waals surface area contributed by atoms with Gasteiger partial charge in [-0.3, -0.25) is 9.80 Å². The van der Waals surface area contributed by atoms with Crippen molar-refractivity contribution in [2.45, 2.75) is 31.8 Å². The largest absolute Gasteiger partial charge is 0.302 e. The summed E-state index contributed by atoms with van der Waals surface area (Å²) >= 11 is 0. The van der Waals surface area contributed by atoms with Gasteiger partial charge in [0.1, 0.15) is 6.29 Å². The lowest BCUT2D eigenvalue weighted by molar-refractivity contribution is -0.110. The van der Waals surface area contributed by atoms with Gasteiger partial charge < -0.3 is 4.79 Å². The maximum atomic E-state index is 10.5. The number of carbonyl (C=O) groups excluding carboxylic acids is 1. The van der Waals surface area contributed by atoms with Crippen LogP contribution in [0.3, 0.4) is 0 Å². The minimum absolute atomic E-state index is 0.555. The second kappa shape index (κ2) is 3.76. The molecular weight excluding hydrogens is 164 g/mol. The first-order chi connectivity index (χ1) is 6.31. The Bertz CT molecular complexity index is 195. The van der Waals surface area contributed by atoms with Crippen LogP contribution in [0.5, 0.6) is 0 Å². The monoisotopic (exact) mass is 182 g/mol. The van der Waals surface area contributed by atoms with Crippen LogP contribution in [-0.4, -0.2) is 54.3 Å². The molecule has 0 aromatic rings. The van der Waals surface area contributed by atoms with Gasteiger partial charge in [0.25, 0.3) is 0 Å². The summed E-state index contributed by atoms with van der Waals surface area (Å²) in [7, 11) is 0. The molecule has 74 valence electrons. The van der Waals surface area contributed by atoms with Gasteiger partial charge in [-0.25, -0.2) is 0 Å². The topological polar surface area (TPSA) is 23.6 Å².